The van der Waals surface area contributed by atoms with Gasteiger partial charge in [-0.05, 0) is 6.07 Å². The maximum atomic E-state index is 10.7. The Balaban J connectivity index is 0.000000396. The molecule has 62 valence electrons. The zero-order valence-electron chi connectivity index (χ0n) is 6.79. The van der Waals surface area contributed by atoms with Crippen LogP contribution in [-0.4, -0.2) is 0 Å². The standard InChI is InChI=1S/C9H5O2.BrH.Zn/c10-9-6-5-7-3-1-2-4-8(7)11-9;;/h1-5H;1H;/q-1;;+2/p-1. The number of benzene rings is 1. The number of hydrogen-bond donors (Lipinski definition) is 0. The van der Waals surface area contributed by atoms with E-state index in [1.165, 1.54) is 16.3 Å². The molecule has 0 amide bonds. The molecule has 1 aromatic carbocycles. The molecule has 1 aromatic heterocycles. The summed E-state index contributed by atoms with van der Waals surface area (Å²) >= 11 is 4.25. The first-order valence-corrected chi connectivity index (χ1v) is 10.5. The molecule has 0 aliphatic carbocycles. The van der Waals surface area contributed by atoms with Gasteiger partial charge in [0, 0.05) is 0 Å². The van der Waals surface area contributed by atoms with Crippen LogP contribution in [0.4, 0.5) is 0 Å². The quantitative estimate of drug-likeness (QED) is 0.424. The summed E-state index contributed by atoms with van der Waals surface area (Å²) in [6.07, 6.45) is 0. The molecule has 0 N–H and O–H groups in total. The minimum absolute atomic E-state index is 0.427. The predicted molar refractivity (Wildman–Crippen MR) is 50.2 cm³/mol. The molecule has 0 aliphatic rings. The van der Waals surface area contributed by atoms with E-state index < -0.39 is 5.63 Å². The first kappa shape index (κ1) is 10.6. The molecule has 0 fully saturated rings. The van der Waals surface area contributed by atoms with Crippen molar-refractivity contribution in [3.8, 4) is 0 Å². The Labute approximate surface area is 92.0 Å². The zero-order valence-corrected chi connectivity index (χ0v) is 11.3. The summed E-state index contributed by atoms with van der Waals surface area (Å²) in [4.78, 5) is 10.7. The summed E-state index contributed by atoms with van der Waals surface area (Å²) < 4.78 is 4.85. The van der Waals surface area contributed by atoms with E-state index in [4.69, 9.17) is 4.42 Å². The van der Waals surface area contributed by atoms with Gasteiger partial charge in [-0.3, -0.25) is 4.79 Å². The van der Waals surface area contributed by atoms with Crippen LogP contribution < -0.4 is 5.63 Å². The molecule has 0 atom stereocenters. The van der Waals surface area contributed by atoms with Crippen molar-refractivity contribution < 1.29 is 20.8 Å². The second kappa shape index (κ2) is 5.30. The van der Waals surface area contributed by atoms with Crippen molar-refractivity contribution in [2.24, 2.45) is 0 Å². The van der Waals surface area contributed by atoms with E-state index in [1.807, 2.05) is 18.2 Å². The second-order valence-electron chi connectivity index (χ2n) is 2.22. The van der Waals surface area contributed by atoms with Crippen molar-refractivity contribution in [3.63, 3.8) is 0 Å². The summed E-state index contributed by atoms with van der Waals surface area (Å²) in [6.45, 7) is 0. The van der Waals surface area contributed by atoms with Crippen LogP contribution in [0.25, 0.3) is 11.0 Å². The third-order valence-electron chi connectivity index (χ3n) is 1.47. The fraction of sp³-hybridized carbons (Fsp3) is 0. The van der Waals surface area contributed by atoms with E-state index in [0.29, 0.717) is 5.58 Å². The van der Waals surface area contributed by atoms with E-state index in [9.17, 15) is 4.79 Å². The van der Waals surface area contributed by atoms with Gasteiger partial charge in [0.1, 0.15) is 0 Å². The van der Waals surface area contributed by atoms with Crippen LogP contribution in [0.3, 0.4) is 0 Å². The number of hydrogen-bond acceptors (Lipinski definition) is 2. The van der Waals surface area contributed by atoms with E-state index >= 15 is 0 Å². The van der Waals surface area contributed by atoms with Gasteiger partial charge in [0.25, 0.3) is 0 Å². The topological polar surface area (TPSA) is 30.2 Å². The van der Waals surface area contributed by atoms with Gasteiger partial charge >= 0.3 is 30.0 Å². The molecular weight excluding hydrogens is 285 g/mol. The van der Waals surface area contributed by atoms with Crippen molar-refractivity contribution in [1.29, 1.82) is 0 Å². The van der Waals surface area contributed by atoms with Crippen LogP contribution in [-0.2, 0) is 16.3 Å². The van der Waals surface area contributed by atoms with Crippen molar-refractivity contribution in [2.75, 3.05) is 0 Å². The molecule has 13 heavy (non-hydrogen) atoms. The first-order valence-electron chi connectivity index (χ1n) is 3.53. The summed E-state index contributed by atoms with van der Waals surface area (Å²) in [7, 11) is 0. The van der Waals surface area contributed by atoms with Gasteiger partial charge in [-0.15, -0.1) is 11.5 Å². The Kier molecular flexibility index (Phi) is 4.33. The normalized spacial score (nSPS) is 9.15. The van der Waals surface area contributed by atoms with Gasteiger partial charge in [-0.25, -0.2) is 6.07 Å². The number of fused-ring (bicyclic) bond motifs is 1. The van der Waals surface area contributed by atoms with E-state index in [1.54, 1.807) is 12.1 Å². The van der Waals surface area contributed by atoms with Crippen molar-refractivity contribution in [1.82, 2.24) is 0 Å². The van der Waals surface area contributed by atoms with Crippen LogP contribution in [0.5, 0.6) is 0 Å². The molecule has 1 heterocycles. The van der Waals surface area contributed by atoms with Crippen molar-refractivity contribution in [3.05, 3.63) is 46.8 Å². The average molecular weight is 290 g/mol. The van der Waals surface area contributed by atoms with Crippen LogP contribution in [0.2, 0.25) is 0 Å². The van der Waals surface area contributed by atoms with Gasteiger partial charge in [-0.2, -0.15) is 6.07 Å². The molecule has 0 radical (unpaired) electrons. The predicted octanol–water partition coefficient (Wildman–Crippen LogP) is 2.44. The molecule has 0 bridgehead atoms. The summed E-state index contributed by atoms with van der Waals surface area (Å²) in [6, 6.07) is 11.4. The Morgan fingerprint density at radius 2 is 2.00 bits per heavy atom. The van der Waals surface area contributed by atoms with Crippen LogP contribution in [0.15, 0.2) is 39.5 Å². The fourth-order valence-electron chi connectivity index (χ4n) is 0.959. The summed E-state index contributed by atoms with van der Waals surface area (Å²) in [5.41, 5.74) is 0.181. The van der Waals surface area contributed by atoms with Crippen LogP contribution in [0.1, 0.15) is 0 Å². The maximum absolute atomic E-state index is 10.7. The van der Waals surface area contributed by atoms with E-state index in [-0.39, 0.29) is 0 Å². The molecule has 0 aliphatic heterocycles. The minimum atomic E-state index is -0.427. The van der Waals surface area contributed by atoms with E-state index in [0.717, 1.165) is 5.39 Å². The Hall–Kier alpha value is -0.467. The summed E-state index contributed by atoms with van der Waals surface area (Å²) in [5.74, 6) is 0. The van der Waals surface area contributed by atoms with Gasteiger partial charge in [-0.1, -0.05) is 12.1 Å². The van der Waals surface area contributed by atoms with Crippen molar-refractivity contribution in [2.45, 2.75) is 0 Å². The van der Waals surface area contributed by atoms with Crippen LogP contribution in [0, 0.1) is 6.07 Å². The van der Waals surface area contributed by atoms with Crippen molar-refractivity contribution >= 4 is 24.6 Å². The molecule has 0 saturated carbocycles. The third-order valence-corrected chi connectivity index (χ3v) is 1.47. The summed E-state index contributed by atoms with van der Waals surface area (Å²) in [5, 5.41) is 0.895. The molecule has 2 aromatic rings. The van der Waals surface area contributed by atoms with Gasteiger partial charge in [0.2, 0.25) is 5.63 Å². The average Bonchev–Trinajstić information content (AvgIpc) is 2.21. The van der Waals surface area contributed by atoms with Gasteiger partial charge in [0.15, 0.2) is 0 Å². The first-order chi connectivity index (χ1) is 6.36. The zero-order chi connectivity index (χ0) is 9.68. The molecule has 0 spiro atoms. The number of rotatable bonds is 0. The molecule has 2 nitrogen and oxygen atoms in total. The van der Waals surface area contributed by atoms with Gasteiger partial charge < -0.3 is 4.42 Å². The molecule has 0 saturated heterocycles. The fourth-order valence-corrected chi connectivity index (χ4v) is 0.959. The SMILES string of the molecule is O=c1[c-]cc2ccccc2o1.[Zn+][Br]. The molecule has 4 heteroatoms. The molecule has 0 unspecified atom stereocenters. The Morgan fingerprint density at radius 3 is 2.77 bits per heavy atom. The third kappa shape index (κ3) is 2.75. The monoisotopic (exact) mass is 288 g/mol. The van der Waals surface area contributed by atoms with E-state index in [2.05, 4.69) is 19.7 Å². The second-order valence-corrected chi connectivity index (χ2v) is 2.22. The van der Waals surface area contributed by atoms with Gasteiger partial charge in [0.05, 0.1) is 5.58 Å². The molecular formula is C9H5BrO2Zn. The number of para-hydroxylation sites is 1. The Morgan fingerprint density at radius 1 is 1.31 bits per heavy atom. The number of halogens is 1. The molecule has 2 rings (SSSR count). The van der Waals surface area contributed by atoms with Crippen LogP contribution >= 0.6 is 13.6 Å². The Bertz CT molecular complexity index is 439.